The van der Waals surface area contributed by atoms with Gasteiger partial charge in [-0.3, -0.25) is 9.69 Å². The fraction of sp³-hybridized carbons (Fsp3) is 0.583. The smallest absolute Gasteiger partial charge is 0.236 e. The Morgan fingerprint density at radius 2 is 2.06 bits per heavy atom. The van der Waals surface area contributed by atoms with Gasteiger partial charge in [-0.2, -0.15) is 0 Å². The minimum Gasteiger partial charge on any atom is -0.342 e. The molecule has 96 valence electrons. The Labute approximate surface area is 116 Å². The summed E-state index contributed by atoms with van der Waals surface area (Å²) in [4.78, 5) is 17.1. The van der Waals surface area contributed by atoms with Crippen LogP contribution in [0.4, 0.5) is 0 Å². The highest BCUT2D eigenvalue weighted by atomic mass is 79.9. The molecule has 1 rings (SSSR count). The third-order valence-corrected chi connectivity index (χ3v) is 4.25. The number of thiophene rings is 1. The highest BCUT2D eigenvalue weighted by Crippen LogP contribution is 2.20. The minimum absolute atomic E-state index is 0.202. The maximum atomic E-state index is 11.9. The summed E-state index contributed by atoms with van der Waals surface area (Å²) in [5.74, 6) is 0.202. The third kappa shape index (κ3) is 4.77. The molecule has 0 atom stereocenters. The van der Waals surface area contributed by atoms with E-state index >= 15 is 0 Å². The van der Waals surface area contributed by atoms with Gasteiger partial charge >= 0.3 is 0 Å². The Morgan fingerprint density at radius 3 is 2.53 bits per heavy atom. The van der Waals surface area contributed by atoms with E-state index in [1.165, 1.54) is 4.88 Å². The van der Waals surface area contributed by atoms with Crippen LogP contribution in [0.2, 0.25) is 0 Å². The van der Waals surface area contributed by atoms with Crippen molar-refractivity contribution in [2.24, 2.45) is 0 Å². The lowest BCUT2D eigenvalue weighted by atomic mass is 10.4. The molecule has 5 heteroatoms. The quantitative estimate of drug-likeness (QED) is 0.805. The lowest BCUT2D eigenvalue weighted by molar-refractivity contribution is -0.131. The van der Waals surface area contributed by atoms with E-state index in [0.29, 0.717) is 6.54 Å². The van der Waals surface area contributed by atoms with Gasteiger partial charge < -0.3 is 4.90 Å². The van der Waals surface area contributed by atoms with E-state index in [-0.39, 0.29) is 5.91 Å². The molecule has 0 aliphatic carbocycles. The number of likely N-dealkylation sites (N-methyl/N-ethyl adjacent to an activating group) is 2. The van der Waals surface area contributed by atoms with Crippen LogP contribution in [0.5, 0.6) is 0 Å². The van der Waals surface area contributed by atoms with Crippen LogP contribution in [0, 0.1) is 0 Å². The molecule has 3 nitrogen and oxygen atoms in total. The zero-order valence-corrected chi connectivity index (χ0v) is 13.0. The topological polar surface area (TPSA) is 23.6 Å². The molecule has 0 bridgehead atoms. The molecule has 0 radical (unpaired) electrons. The first-order chi connectivity index (χ1) is 8.06. The van der Waals surface area contributed by atoms with Crippen molar-refractivity contribution in [2.45, 2.75) is 20.4 Å². The molecule has 0 saturated heterocycles. The van der Waals surface area contributed by atoms with Crippen molar-refractivity contribution >= 4 is 33.2 Å². The van der Waals surface area contributed by atoms with Crippen molar-refractivity contribution in [1.29, 1.82) is 0 Å². The van der Waals surface area contributed by atoms with Gasteiger partial charge in [0, 0.05) is 34.4 Å². The van der Waals surface area contributed by atoms with Gasteiger partial charge in [-0.25, -0.2) is 0 Å². The van der Waals surface area contributed by atoms with Gasteiger partial charge in [0.15, 0.2) is 0 Å². The summed E-state index contributed by atoms with van der Waals surface area (Å²) in [7, 11) is 1.98. The van der Waals surface area contributed by atoms with Crippen LogP contribution < -0.4 is 0 Å². The van der Waals surface area contributed by atoms with Crippen LogP contribution in [0.15, 0.2) is 15.9 Å². The van der Waals surface area contributed by atoms with E-state index in [0.717, 1.165) is 24.1 Å². The molecule has 1 heterocycles. The highest BCUT2D eigenvalue weighted by Gasteiger charge is 2.12. The van der Waals surface area contributed by atoms with Crippen molar-refractivity contribution in [1.82, 2.24) is 9.80 Å². The number of hydrogen-bond donors (Lipinski definition) is 0. The summed E-state index contributed by atoms with van der Waals surface area (Å²) in [6, 6.07) is 2.10. The molecular formula is C12H19BrN2OS. The molecule has 1 aromatic rings. The first kappa shape index (κ1) is 14.7. The van der Waals surface area contributed by atoms with E-state index in [4.69, 9.17) is 0 Å². The van der Waals surface area contributed by atoms with Gasteiger partial charge in [-0.15, -0.1) is 11.3 Å². The van der Waals surface area contributed by atoms with Gasteiger partial charge in [0.2, 0.25) is 5.91 Å². The Hall–Kier alpha value is -0.390. The molecule has 1 amide bonds. The van der Waals surface area contributed by atoms with Crippen LogP contribution >= 0.6 is 27.3 Å². The van der Waals surface area contributed by atoms with Crippen molar-refractivity contribution in [2.75, 3.05) is 26.7 Å². The summed E-state index contributed by atoms with van der Waals surface area (Å²) >= 11 is 5.15. The number of carbonyl (C=O) groups excluding carboxylic acids is 1. The van der Waals surface area contributed by atoms with Gasteiger partial charge in [-0.1, -0.05) is 0 Å². The number of rotatable bonds is 6. The zero-order valence-electron chi connectivity index (χ0n) is 10.6. The molecule has 0 fully saturated rings. The van der Waals surface area contributed by atoms with E-state index < -0.39 is 0 Å². The van der Waals surface area contributed by atoms with E-state index in [1.807, 2.05) is 25.8 Å². The zero-order chi connectivity index (χ0) is 12.8. The number of carbonyl (C=O) groups is 1. The standard InChI is InChI=1S/C12H19BrN2OS/c1-4-15(5-2)12(16)8-14(3)7-11-6-10(13)9-17-11/h6,9H,4-5,7-8H2,1-3H3. The molecule has 0 saturated carbocycles. The Balaban J connectivity index is 2.44. The predicted molar refractivity (Wildman–Crippen MR) is 76.3 cm³/mol. The Morgan fingerprint density at radius 1 is 1.41 bits per heavy atom. The summed E-state index contributed by atoms with van der Waals surface area (Å²) in [5.41, 5.74) is 0. The van der Waals surface area contributed by atoms with Crippen LogP contribution in [0.3, 0.4) is 0 Å². The Kier molecular flexibility index (Phi) is 6.16. The van der Waals surface area contributed by atoms with Crippen molar-refractivity contribution in [3.05, 3.63) is 20.8 Å². The highest BCUT2D eigenvalue weighted by molar-refractivity contribution is 9.10. The first-order valence-electron chi connectivity index (χ1n) is 5.76. The van der Waals surface area contributed by atoms with Crippen LogP contribution in [-0.2, 0) is 11.3 Å². The monoisotopic (exact) mass is 318 g/mol. The van der Waals surface area contributed by atoms with Crippen LogP contribution in [0.25, 0.3) is 0 Å². The van der Waals surface area contributed by atoms with Crippen LogP contribution in [0.1, 0.15) is 18.7 Å². The first-order valence-corrected chi connectivity index (χ1v) is 7.43. The molecule has 17 heavy (non-hydrogen) atoms. The average molecular weight is 319 g/mol. The summed E-state index contributed by atoms with van der Waals surface area (Å²) in [6.07, 6.45) is 0. The largest absolute Gasteiger partial charge is 0.342 e. The minimum atomic E-state index is 0.202. The van der Waals surface area contributed by atoms with Gasteiger partial charge in [0.05, 0.1) is 6.54 Å². The molecule has 0 aromatic carbocycles. The number of hydrogen-bond acceptors (Lipinski definition) is 3. The fourth-order valence-corrected chi connectivity index (χ4v) is 3.20. The van der Waals surface area contributed by atoms with Gasteiger partial charge in [0.1, 0.15) is 0 Å². The number of halogens is 1. The van der Waals surface area contributed by atoms with Crippen LogP contribution in [-0.4, -0.2) is 42.4 Å². The van der Waals surface area contributed by atoms with Crippen molar-refractivity contribution < 1.29 is 4.79 Å². The average Bonchev–Trinajstić information content (AvgIpc) is 2.65. The molecule has 0 unspecified atom stereocenters. The van der Waals surface area contributed by atoms with E-state index in [1.54, 1.807) is 11.3 Å². The molecule has 0 N–H and O–H groups in total. The molecule has 0 aliphatic heterocycles. The Bertz CT molecular complexity index is 363. The number of nitrogens with zero attached hydrogens (tertiary/aromatic N) is 2. The van der Waals surface area contributed by atoms with Crippen molar-refractivity contribution in [3.63, 3.8) is 0 Å². The predicted octanol–water partition coefficient (Wildman–Crippen LogP) is 2.81. The summed E-state index contributed by atoms with van der Waals surface area (Å²) in [5, 5.41) is 2.06. The van der Waals surface area contributed by atoms with E-state index in [2.05, 4.69) is 32.3 Å². The van der Waals surface area contributed by atoms with E-state index in [9.17, 15) is 4.79 Å². The normalized spacial score (nSPS) is 10.9. The maximum absolute atomic E-state index is 11.9. The second-order valence-corrected chi connectivity index (χ2v) is 5.88. The lowest BCUT2D eigenvalue weighted by Gasteiger charge is -2.22. The summed E-state index contributed by atoms with van der Waals surface area (Å²) in [6.45, 7) is 6.90. The number of amides is 1. The SMILES string of the molecule is CCN(CC)C(=O)CN(C)Cc1cc(Br)cs1. The molecule has 0 spiro atoms. The molecule has 0 aliphatic rings. The fourth-order valence-electron chi connectivity index (χ4n) is 1.67. The second-order valence-electron chi connectivity index (χ2n) is 3.97. The molecule has 1 aromatic heterocycles. The second kappa shape index (κ2) is 7.13. The third-order valence-electron chi connectivity index (χ3n) is 2.57. The van der Waals surface area contributed by atoms with Crippen molar-refractivity contribution in [3.8, 4) is 0 Å². The maximum Gasteiger partial charge on any atom is 0.236 e. The van der Waals surface area contributed by atoms with Gasteiger partial charge in [-0.05, 0) is 42.9 Å². The summed E-state index contributed by atoms with van der Waals surface area (Å²) < 4.78 is 1.11. The lowest BCUT2D eigenvalue weighted by Crippen LogP contribution is -2.38. The van der Waals surface area contributed by atoms with Gasteiger partial charge in [0.25, 0.3) is 0 Å². The molecular weight excluding hydrogens is 300 g/mol.